The lowest BCUT2D eigenvalue weighted by molar-refractivity contribution is 0.620. The topological polar surface area (TPSA) is 101 Å². The summed E-state index contributed by atoms with van der Waals surface area (Å²) in [4.78, 5) is 6.82. The number of oxazole rings is 1. The Morgan fingerprint density at radius 2 is 0.978 bits per heavy atom. The van der Waals surface area contributed by atoms with Gasteiger partial charge in [0.05, 0.1) is 22.8 Å². The molecule has 6 aromatic carbocycles. The molecule has 0 amide bonds. The molecule has 0 fully saturated rings. The average Bonchev–Trinajstić information content (AvgIpc) is 3.57. The average molecular weight is 590 g/mol. The van der Waals surface area contributed by atoms with Crippen molar-refractivity contribution < 1.29 is 4.42 Å². The molecule has 46 heavy (non-hydrogen) atoms. The van der Waals surface area contributed by atoms with E-state index in [0.717, 1.165) is 56.0 Å². The maximum Gasteiger partial charge on any atom is 0.227 e. The van der Waals surface area contributed by atoms with Gasteiger partial charge in [0.15, 0.2) is 5.58 Å². The van der Waals surface area contributed by atoms with Gasteiger partial charge >= 0.3 is 0 Å². The molecule has 0 radical (unpaired) electrons. The number of hydrogen-bond acceptors (Lipinski definition) is 6. The van der Waals surface area contributed by atoms with Crippen LogP contribution in [-0.2, 0) is 0 Å². The van der Waals surface area contributed by atoms with Gasteiger partial charge in [0, 0.05) is 22.6 Å². The first-order valence-corrected chi connectivity index (χ1v) is 14.5. The van der Waals surface area contributed by atoms with Crippen LogP contribution in [0.1, 0.15) is 16.7 Å². The molecule has 0 saturated carbocycles. The number of nitriles is 3. The van der Waals surface area contributed by atoms with Crippen LogP contribution in [0.4, 0.5) is 17.1 Å². The molecule has 0 aliphatic heterocycles. The van der Waals surface area contributed by atoms with Crippen molar-refractivity contribution in [2.45, 2.75) is 0 Å². The molecular weight excluding hydrogens is 566 g/mol. The minimum Gasteiger partial charge on any atom is -0.436 e. The van der Waals surface area contributed by atoms with Crippen molar-refractivity contribution in [3.05, 3.63) is 156 Å². The molecule has 7 aromatic rings. The van der Waals surface area contributed by atoms with E-state index >= 15 is 0 Å². The summed E-state index contributed by atoms with van der Waals surface area (Å²) < 4.78 is 6.00. The monoisotopic (exact) mass is 589 g/mol. The molecule has 6 heteroatoms. The first-order valence-electron chi connectivity index (χ1n) is 14.5. The molecule has 0 atom stereocenters. The number of aromatic nitrogens is 1. The summed E-state index contributed by atoms with van der Waals surface area (Å²) in [6.07, 6.45) is 0. The molecule has 0 aliphatic rings. The Kier molecular flexibility index (Phi) is 7.26. The number of anilines is 3. The van der Waals surface area contributed by atoms with Crippen molar-refractivity contribution in [2.24, 2.45) is 0 Å². The van der Waals surface area contributed by atoms with Crippen molar-refractivity contribution in [1.82, 2.24) is 4.98 Å². The third kappa shape index (κ3) is 5.33. The third-order valence-electron chi connectivity index (χ3n) is 7.86. The van der Waals surface area contributed by atoms with Gasteiger partial charge in [-0.15, -0.1) is 0 Å². The predicted molar refractivity (Wildman–Crippen MR) is 179 cm³/mol. The standard InChI is InChI=1S/C40H23N5O/c41-24-27-5-7-28(8-6-27)29-11-17-35(18-12-29)45(36-19-13-30(14-20-36)32-9-10-33(25-42)34(23-32)26-43)37-21-15-31(16-22-37)40-44-38-3-1-2-4-39(38)46-40/h1-23H. The fourth-order valence-electron chi connectivity index (χ4n) is 5.45. The van der Waals surface area contributed by atoms with Gasteiger partial charge in [-0.2, -0.15) is 15.8 Å². The number of hydrogen-bond donors (Lipinski definition) is 0. The first kappa shape index (κ1) is 27.9. The second-order valence-electron chi connectivity index (χ2n) is 10.6. The number of fused-ring (bicyclic) bond motifs is 1. The molecule has 0 bridgehead atoms. The van der Waals surface area contributed by atoms with Crippen LogP contribution in [0.3, 0.4) is 0 Å². The second kappa shape index (κ2) is 12.0. The van der Waals surface area contributed by atoms with Crippen LogP contribution in [-0.4, -0.2) is 4.98 Å². The van der Waals surface area contributed by atoms with E-state index in [1.807, 2.05) is 103 Å². The minimum atomic E-state index is 0.354. The fraction of sp³-hybridized carbons (Fsp3) is 0. The minimum absolute atomic E-state index is 0.354. The third-order valence-corrected chi connectivity index (χ3v) is 7.86. The summed E-state index contributed by atoms with van der Waals surface area (Å²) in [6.45, 7) is 0. The zero-order valence-corrected chi connectivity index (χ0v) is 24.4. The zero-order chi connectivity index (χ0) is 31.5. The molecular formula is C40H23N5O. The summed E-state index contributed by atoms with van der Waals surface area (Å²) in [7, 11) is 0. The van der Waals surface area contributed by atoms with Gasteiger partial charge in [0.2, 0.25) is 5.89 Å². The van der Waals surface area contributed by atoms with Gasteiger partial charge in [-0.1, -0.05) is 54.6 Å². The molecule has 214 valence electrons. The Hall–Kier alpha value is -6.94. The highest BCUT2D eigenvalue weighted by Crippen LogP contribution is 2.38. The molecule has 0 spiro atoms. The molecule has 1 heterocycles. The van der Waals surface area contributed by atoms with Crippen LogP contribution in [0.25, 0.3) is 44.8 Å². The van der Waals surface area contributed by atoms with E-state index in [4.69, 9.17) is 9.68 Å². The lowest BCUT2D eigenvalue weighted by atomic mass is 9.99. The van der Waals surface area contributed by atoms with E-state index in [-0.39, 0.29) is 0 Å². The van der Waals surface area contributed by atoms with E-state index in [9.17, 15) is 10.5 Å². The largest absolute Gasteiger partial charge is 0.436 e. The van der Waals surface area contributed by atoms with E-state index < -0.39 is 0 Å². The number of para-hydroxylation sites is 2. The van der Waals surface area contributed by atoms with E-state index in [1.165, 1.54) is 0 Å². The SMILES string of the molecule is N#Cc1ccc(-c2ccc(N(c3ccc(-c4ccc(C#N)c(C#N)c4)cc3)c3ccc(-c4nc5ccccc5o4)cc3)cc2)cc1. The molecule has 0 unspecified atom stereocenters. The molecule has 7 rings (SSSR count). The van der Waals surface area contributed by atoms with Crippen LogP contribution in [0.2, 0.25) is 0 Å². The van der Waals surface area contributed by atoms with E-state index in [0.29, 0.717) is 22.6 Å². The number of benzene rings is 6. The Morgan fingerprint density at radius 1 is 0.478 bits per heavy atom. The molecule has 0 saturated heterocycles. The van der Waals surface area contributed by atoms with Crippen LogP contribution in [0.5, 0.6) is 0 Å². The van der Waals surface area contributed by atoms with Crippen LogP contribution < -0.4 is 4.90 Å². The second-order valence-corrected chi connectivity index (χ2v) is 10.6. The predicted octanol–water partition coefficient (Wildman–Crippen LogP) is 9.91. The Balaban J connectivity index is 1.26. The van der Waals surface area contributed by atoms with E-state index in [2.05, 4.69) is 52.4 Å². The van der Waals surface area contributed by atoms with Crippen LogP contribution in [0.15, 0.2) is 144 Å². The normalized spacial score (nSPS) is 10.5. The lowest BCUT2D eigenvalue weighted by Gasteiger charge is -2.26. The van der Waals surface area contributed by atoms with Crippen molar-refractivity contribution in [3.8, 4) is 51.9 Å². The highest BCUT2D eigenvalue weighted by molar-refractivity contribution is 5.82. The maximum absolute atomic E-state index is 9.50. The molecule has 1 aromatic heterocycles. The summed E-state index contributed by atoms with van der Waals surface area (Å²) in [5.41, 5.74) is 10.5. The number of rotatable bonds is 6. The Labute approximate surface area is 265 Å². The summed E-state index contributed by atoms with van der Waals surface area (Å²) >= 11 is 0. The number of nitrogens with zero attached hydrogens (tertiary/aromatic N) is 5. The van der Waals surface area contributed by atoms with Crippen molar-refractivity contribution >= 4 is 28.2 Å². The quantitative estimate of drug-likeness (QED) is 0.191. The zero-order valence-electron chi connectivity index (χ0n) is 24.4. The highest BCUT2D eigenvalue weighted by atomic mass is 16.3. The lowest BCUT2D eigenvalue weighted by Crippen LogP contribution is -2.09. The van der Waals surface area contributed by atoms with Crippen LogP contribution >= 0.6 is 0 Å². The van der Waals surface area contributed by atoms with Crippen molar-refractivity contribution in [1.29, 1.82) is 15.8 Å². The van der Waals surface area contributed by atoms with Crippen LogP contribution in [0, 0.1) is 34.0 Å². The maximum atomic E-state index is 9.50. The highest BCUT2D eigenvalue weighted by Gasteiger charge is 2.15. The Morgan fingerprint density at radius 3 is 1.52 bits per heavy atom. The molecule has 0 N–H and O–H groups in total. The molecule has 0 aliphatic carbocycles. The van der Waals surface area contributed by atoms with Gasteiger partial charge in [-0.05, 0) is 107 Å². The fourth-order valence-corrected chi connectivity index (χ4v) is 5.45. The van der Waals surface area contributed by atoms with Crippen molar-refractivity contribution in [3.63, 3.8) is 0 Å². The van der Waals surface area contributed by atoms with Gasteiger partial charge < -0.3 is 9.32 Å². The van der Waals surface area contributed by atoms with Crippen molar-refractivity contribution in [2.75, 3.05) is 4.90 Å². The summed E-state index contributed by atoms with van der Waals surface area (Å²) in [6, 6.07) is 51.5. The molecule has 6 nitrogen and oxygen atoms in total. The van der Waals surface area contributed by atoms with Gasteiger partial charge in [-0.25, -0.2) is 4.98 Å². The van der Waals surface area contributed by atoms with Gasteiger partial charge in [0.25, 0.3) is 0 Å². The van der Waals surface area contributed by atoms with Gasteiger partial charge in [0.1, 0.15) is 17.7 Å². The summed E-state index contributed by atoms with van der Waals surface area (Å²) in [5.74, 6) is 0.564. The first-order chi connectivity index (χ1) is 22.6. The Bertz CT molecular complexity index is 2280. The summed E-state index contributed by atoms with van der Waals surface area (Å²) in [5, 5.41) is 28.0. The van der Waals surface area contributed by atoms with Gasteiger partial charge in [-0.3, -0.25) is 0 Å². The smallest absolute Gasteiger partial charge is 0.227 e. The van der Waals surface area contributed by atoms with E-state index in [1.54, 1.807) is 12.1 Å².